The molecule has 160 valence electrons. The fourth-order valence-corrected chi connectivity index (χ4v) is 8.62. The molecule has 0 aromatic rings. The Kier molecular flexibility index (Phi) is 5.80. The van der Waals surface area contributed by atoms with Crippen molar-refractivity contribution in [3.05, 3.63) is 12.2 Å². The second kappa shape index (κ2) is 7.75. The lowest BCUT2D eigenvalue weighted by atomic mass is 9.46. The molecule has 0 radical (unpaired) electrons. The average Bonchev–Trinajstić information content (AvgIpc) is 2.99. The summed E-state index contributed by atoms with van der Waals surface area (Å²) in [7, 11) is 0. The average molecular weight is 387 g/mol. The standard InChI is InChI=1S/C27H46O/c1-18(2)7-6-8-19(3)23-11-12-24-22-10-9-20-17-21(28)13-15-26(20,4)25(22)14-16-27(23,24)5/h9-10,18-25,28H,6-8,11-17H2,1-5H3. The van der Waals surface area contributed by atoms with Crippen molar-refractivity contribution in [2.45, 2.75) is 105 Å². The minimum Gasteiger partial charge on any atom is -0.393 e. The van der Waals surface area contributed by atoms with Crippen molar-refractivity contribution in [3.63, 3.8) is 0 Å². The van der Waals surface area contributed by atoms with Crippen LogP contribution in [-0.4, -0.2) is 11.2 Å². The van der Waals surface area contributed by atoms with E-state index in [2.05, 4.69) is 46.8 Å². The van der Waals surface area contributed by atoms with Crippen LogP contribution in [-0.2, 0) is 0 Å². The highest BCUT2D eigenvalue weighted by molar-refractivity contribution is 5.18. The Hall–Kier alpha value is -0.300. The molecule has 9 atom stereocenters. The Labute approximate surface area is 174 Å². The Balaban J connectivity index is 1.49. The van der Waals surface area contributed by atoms with Crippen LogP contribution in [0.1, 0.15) is 98.8 Å². The zero-order valence-electron chi connectivity index (χ0n) is 19.3. The number of hydrogen-bond acceptors (Lipinski definition) is 1. The van der Waals surface area contributed by atoms with Crippen molar-refractivity contribution >= 4 is 0 Å². The maximum atomic E-state index is 10.2. The molecular formula is C27H46O. The first kappa shape index (κ1) is 21.0. The Morgan fingerprint density at radius 2 is 1.61 bits per heavy atom. The summed E-state index contributed by atoms with van der Waals surface area (Å²) in [5.41, 5.74) is 1.01. The van der Waals surface area contributed by atoms with Crippen molar-refractivity contribution < 1.29 is 5.11 Å². The molecule has 3 fully saturated rings. The maximum absolute atomic E-state index is 10.2. The summed E-state index contributed by atoms with van der Waals surface area (Å²) in [6, 6.07) is 0. The van der Waals surface area contributed by atoms with E-state index in [1.807, 2.05) is 0 Å². The van der Waals surface area contributed by atoms with E-state index in [9.17, 15) is 5.11 Å². The fourth-order valence-electron chi connectivity index (χ4n) is 8.62. The van der Waals surface area contributed by atoms with Gasteiger partial charge in [0.05, 0.1) is 6.10 Å². The van der Waals surface area contributed by atoms with Gasteiger partial charge in [-0.05, 0) is 97.2 Å². The predicted octanol–water partition coefficient (Wildman–Crippen LogP) is 7.24. The van der Waals surface area contributed by atoms with Gasteiger partial charge in [0, 0.05) is 0 Å². The van der Waals surface area contributed by atoms with E-state index in [1.54, 1.807) is 0 Å². The van der Waals surface area contributed by atoms with Crippen LogP contribution in [0.5, 0.6) is 0 Å². The third-order valence-electron chi connectivity index (χ3n) is 10.3. The van der Waals surface area contributed by atoms with Gasteiger partial charge < -0.3 is 5.11 Å². The number of hydrogen-bond donors (Lipinski definition) is 1. The SMILES string of the molecule is CC(C)CCCC(C)C1CCC2C3C=CC4CC(O)CCC4(C)C3CCC12C. The summed E-state index contributed by atoms with van der Waals surface area (Å²) in [4.78, 5) is 0. The lowest BCUT2D eigenvalue weighted by Crippen LogP contribution is -2.52. The Bertz CT molecular complexity index is 579. The molecule has 0 amide bonds. The number of allylic oxidation sites excluding steroid dienone is 2. The van der Waals surface area contributed by atoms with E-state index in [1.165, 1.54) is 51.4 Å². The van der Waals surface area contributed by atoms with E-state index in [4.69, 9.17) is 0 Å². The first-order chi connectivity index (χ1) is 13.3. The van der Waals surface area contributed by atoms with Crippen molar-refractivity contribution in [1.82, 2.24) is 0 Å². The highest BCUT2D eigenvalue weighted by Gasteiger charge is 2.59. The molecule has 4 rings (SSSR count). The molecule has 4 aliphatic carbocycles. The largest absolute Gasteiger partial charge is 0.393 e. The Morgan fingerprint density at radius 3 is 2.36 bits per heavy atom. The molecule has 0 bridgehead atoms. The quantitative estimate of drug-likeness (QED) is 0.493. The van der Waals surface area contributed by atoms with Crippen LogP contribution in [0.15, 0.2) is 12.2 Å². The number of fused-ring (bicyclic) bond motifs is 5. The highest BCUT2D eigenvalue weighted by atomic mass is 16.3. The normalized spacial score (nSPS) is 48.8. The van der Waals surface area contributed by atoms with E-state index in [0.717, 1.165) is 48.3 Å². The summed E-state index contributed by atoms with van der Waals surface area (Å²) in [6.45, 7) is 12.6. The smallest absolute Gasteiger partial charge is 0.0546 e. The van der Waals surface area contributed by atoms with Gasteiger partial charge in [-0.15, -0.1) is 0 Å². The van der Waals surface area contributed by atoms with Gasteiger partial charge in [0.25, 0.3) is 0 Å². The van der Waals surface area contributed by atoms with Crippen LogP contribution in [0, 0.1) is 52.3 Å². The lowest BCUT2D eigenvalue weighted by molar-refractivity contribution is -0.0813. The summed E-state index contributed by atoms with van der Waals surface area (Å²) in [5.74, 6) is 5.89. The predicted molar refractivity (Wildman–Crippen MR) is 119 cm³/mol. The van der Waals surface area contributed by atoms with E-state index >= 15 is 0 Å². The number of aliphatic hydroxyl groups is 1. The molecule has 0 saturated heterocycles. The first-order valence-corrected chi connectivity index (χ1v) is 12.6. The molecule has 0 aromatic heterocycles. The fraction of sp³-hybridized carbons (Fsp3) is 0.926. The van der Waals surface area contributed by atoms with Gasteiger partial charge in [0.2, 0.25) is 0 Å². The molecule has 0 aliphatic heterocycles. The third-order valence-corrected chi connectivity index (χ3v) is 10.3. The highest BCUT2D eigenvalue weighted by Crippen LogP contribution is 2.67. The second-order valence-electron chi connectivity index (χ2n) is 12.2. The van der Waals surface area contributed by atoms with Crippen molar-refractivity contribution in [2.75, 3.05) is 0 Å². The molecule has 0 heterocycles. The Morgan fingerprint density at radius 1 is 0.893 bits per heavy atom. The second-order valence-corrected chi connectivity index (χ2v) is 12.2. The molecular weight excluding hydrogens is 340 g/mol. The number of aliphatic hydroxyl groups excluding tert-OH is 1. The van der Waals surface area contributed by atoms with Crippen LogP contribution in [0.2, 0.25) is 0 Å². The van der Waals surface area contributed by atoms with Crippen LogP contribution in [0.4, 0.5) is 0 Å². The van der Waals surface area contributed by atoms with Gasteiger partial charge in [-0.3, -0.25) is 0 Å². The monoisotopic (exact) mass is 386 g/mol. The van der Waals surface area contributed by atoms with Gasteiger partial charge in [0.1, 0.15) is 0 Å². The van der Waals surface area contributed by atoms with Crippen LogP contribution < -0.4 is 0 Å². The summed E-state index contributed by atoms with van der Waals surface area (Å²) in [5, 5.41) is 10.2. The summed E-state index contributed by atoms with van der Waals surface area (Å²) < 4.78 is 0. The molecule has 0 aromatic carbocycles. The molecule has 1 nitrogen and oxygen atoms in total. The number of rotatable bonds is 5. The van der Waals surface area contributed by atoms with Gasteiger partial charge in [-0.25, -0.2) is 0 Å². The molecule has 1 heteroatoms. The van der Waals surface area contributed by atoms with E-state index < -0.39 is 0 Å². The molecule has 9 unspecified atom stereocenters. The van der Waals surface area contributed by atoms with Crippen LogP contribution in [0.25, 0.3) is 0 Å². The van der Waals surface area contributed by atoms with E-state index in [0.29, 0.717) is 16.7 Å². The van der Waals surface area contributed by atoms with Crippen molar-refractivity contribution in [2.24, 2.45) is 52.3 Å². The van der Waals surface area contributed by atoms with Gasteiger partial charge >= 0.3 is 0 Å². The van der Waals surface area contributed by atoms with Crippen molar-refractivity contribution in [1.29, 1.82) is 0 Å². The zero-order valence-corrected chi connectivity index (χ0v) is 19.3. The van der Waals surface area contributed by atoms with Gasteiger partial charge in [0.15, 0.2) is 0 Å². The van der Waals surface area contributed by atoms with E-state index in [-0.39, 0.29) is 6.10 Å². The van der Waals surface area contributed by atoms with Gasteiger partial charge in [-0.1, -0.05) is 66.0 Å². The van der Waals surface area contributed by atoms with Gasteiger partial charge in [-0.2, -0.15) is 0 Å². The maximum Gasteiger partial charge on any atom is 0.0546 e. The molecule has 28 heavy (non-hydrogen) atoms. The van der Waals surface area contributed by atoms with Crippen molar-refractivity contribution in [3.8, 4) is 0 Å². The lowest BCUT2D eigenvalue weighted by Gasteiger charge is -2.59. The molecule has 0 spiro atoms. The topological polar surface area (TPSA) is 20.2 Å². The van der Waals surface area contributed by atoms with Crippen LogP contribution in [0.3, 0.4) is 0 Å². The van der Waals surface area contributed by atoms with Crippen LogP contribution >= 0.6 is 0 Å². The zero-order chi connectivity index (χ0) is 20.1. The first-order valence-electron chi connectivity index (χ1n) is 12.6. The minimum absolute atomic E-state index is 0.0596. The molecule has 3 saturated carbocycles. The summed E-state index contributed by atoms with van der Waals surface area (Å²) in [6.07, 6.45) is 18.5. The third kappa shape index (κ3) is 3.42. The molecule has 1 N–H and O–H groups in total. The minimum atomic E-state index is -0.0596. The summed E-state index contributed by atoms with van der Waals surface area (Å²) >= 11 is 0. The molecule has 4 aliphatic rings.